The molecule has 3 aromatic rings. The number of rotatable bonds is 6. The zero-order chi connectivity index (χ0) is 27.2. The van der Waals surface area contributed by atoms with E-state index in [0.29, 0.717) is 29.9 Å². The van der Waals surface area contributed by atoms with Gasteiger partial charge in [0.15, 0.2) is 0 Å². The first-order chi connectivity index (χ1) is 18.3. The fourth-order valence-corrected chi connectivity index (χ4v) is 4.39. The number of anilines is 2. The van der Waals surface area contributed by atoms with E-state index in [1.807, 2.05) is 4.90 Å². The molecule has 0 aliphatic carbocycles. The molecule has 2 amide bonds. The van der Waals surface area contributed by atoms with Crippen LogP contribution in [0.5, 0.6) is 0 Å². The molecule has 1 saturated heterocycles. The van der Waals surface area contributed by atoms with Gasteiger partial charge in [-0.2, -0.15) is 0 Å². The summed E-state index contributed by atoms with van der Waals surface area (Å²) < 4.78 is 15.0. The molecule has 3 aromatic carbocycles. The van der Waals surface area contributed by atoms with Gasteiger partial charge in [0.05, 0.1) is 16.8 Å². The average molecular weight is 533 g/mol. The van der Waals surface area contributed by atoms with Gasteiger partial charge in [-0.15, -0.1) is 6.42 Å². The Bertz CT molecular complexity index is 1410. The third kappa shape index (κ3) is 6.20. The van der Waals surface area contributed by atoms with Crippen LogP contribution >= 0.6 is 11.6 Å². The molecule has 1 heterocycles. The molecule has 0 radical (unpaired) electrons. The molecule has 4 N–H and O–H groups in total. The highest BCUT2D eigenvalue weighted by atomic mass is 35.5. The van der Waals surface area contributed by atoms with Crippen molar-refractivity contribution in [2.45, 2.75) is 12.8 Å². The Kier molecular flexibility index (Phi) is 8.41. The minimum atomic E-state index is -0.788. The van der Waals surface area contributed by atoms with Gasteiger partial charge >= 0.3 is 0 Å². The van der Waals surface area contributed by atoms with Crippen molar-refractivity contribution < 1.29 is 19.1 Å². The molecule has 0 atom stereocenters. The van der Waals surface area contributed by atoms with E-state index in [4.69, 9.17) is 23.4 Å². The van der Waals surface area contributed by atoms with Crippen LogP contribution in [0.3, 0.4) is 0 Å². The lowest BCUT2D eigenvalue weighted by Crippen LogP contribution is -2.39. The maximum Gasteiger partial charge on any atom is 0.258 e. The number of amidine groups is 1. The van der Waals surface area contributed by atoms with Crippen molar-refractivity contribution in [1.82, 2.24) is 4.90 Å². The van der Waals surface area contributed by atoms with Gasteiger partial charge in [-0.05, 0) is 73.4 Å². The molecule has 0 saturated carbocycles. The van der Waals surface area contributed by atoms with E-state index >= 15 is 0 Å². The van der Waals surface area contributed by atoms with Gasteiger partial charge in [-0.3, -0.25) is 15.0 Å². The van der Waals surface area contributed by atoms with Crippen molar-refractivity contribution in [3.05, 3.63) is 93.8 Å². The van der Waals surface area contributed by atoms with Crippen LogP contribution < -0.4 is 10.6 Å². The van der Waals surface area contributed by atoms with E-state index in [1.54, 1.807) is 24.3 Å². The Labute approximate surface area is 225 Å². The summed E-state index contributed by atoms with van der Waals surface area (Å²) in [6, 6.07) is 15.0. The van der Waals surface area contributed by atoms with E-state index < -0.39 is 17.6 Å². The maximum atomic E-state index is 15.0. The fraction of sp³-hybridized carbons (Fsp3) is 0.207. The molecule has 1 aliphatic rings. The standard InChI is InChI=1S/C29H26ClFN4O3/c1-2-18-3-7-22(8-4-18)33-29(38)24-16-21(30)6-10-26(24)34-28(37)23-9-5-20(15-25(23)31)27(32)35-13-11-19(17-36)12-14-35/h1,3-10,15-16,19,32,36H,11-14,17H2,(H,33,38)(H,34,37). The number of aliphatic hydroxyl groups is 1. The molecule has 194 valence electrons. The normalized spacial score (nSPS) is 13.5. The van der Waals surface area contributed by atoms with Gasteiger partial charge in [0.2, 0.25) is 0 Å². The second kappa shape index (κ2) is 11.9. The number of nitrogens with one attached hydrogen (secondary N) is 3. The number of piperidine rings is 1. The number of benzene rings is 3. The summed E-state index contributed by atoms with van der Waals surface area (Å²) >= 11 is 6.10. The van der Waals surface area contributed by atoms with Gasteiger partial charge in [-0.25, -0.2) is 4.39 Å². The molecule has 0 unspecified atom stereocenters. The smallest absolute Gasteiger partial charge is 0.258 e. The van der Waals surface area contributed by atoms with Crippen LogP contribution in [0, 0.1) is 29.5 Å². The number of carbonyl (C=O) groups is 2. The van der Waals surface area contributed by atoms with E-state index in [-0.39, 0.29) is 40.2 Å². The molecule has 0 spiro atoms. The summed E-state index contributed by atoms with van der Waals surface area (Å²) in [5.74, 6) is 0.819. The largest absolute Gasteiger partial charge is 0.396 e. The quantitative estimate of drug-likeness (QED) is 0.204. The predicted octanol–water partition coefficient (Wildman–Crippen LogP) is 4.99. The van der Waals surface area contributed by atoms with Gasteiger partial charge < -0.3 is 20.6 Å². The highest BCUT2D eigenvalue weighted by molar-refractivity contribution is 6.31. The monoisotopic (exact) mass is 532 g/mol. The lowest BCUT2D eigenvalue weighted by molar-refractivity contribution is 0.102. The first-order valence-electron chi connectivity index (χ1n) is 12.0. The highest BCUT2D eigenvalue weighted by Gasteiger charge is 2.23. The minimum Gasteiger partial charge on any atom is -0.396 e. The Hall–Kier alpha value is -4.19. The number of likely N-dealkylation sites (tertiary alicyclic amines) is 1. The van der Waals surface area contributed by atoms with E-state index in [9.17, 15) is 19.1 Å². The number of halogens is 2. The third-order valence-electron chi connectivity index (χ3n) is 6.46. The summed E-state index contributed by atoms with van der Waals surface area (Å²) in [5.41, 5.74) is 1.52. The van der Waals surface area contributed by atoms with Crippen LogP contribution in [0.4, 0.5) is 15.8 Å². The lowest BCUT2D eigenvalue weighted by atomic mass is 9.97. The molecule has 9 heteroatoms. The van der Waals surface area contributed by atoms with E-state index in [1.165, 1.54) is 30.3 Å². The molecule has 1 aliphatic heterocycles. The van der Waals surface area contributed by atoms with Crippen LogP contribution in [0.15, 0.2) is 60.7 Å². The number of carbonyl (C=O) groups excluding carboxylic acids is 2. The molecular weight excluding hydrogens is 507 g/mol. The van der Waals surface area contributed by atoms with Gasteiger partial charge in [0.25, 0.3) is 11.8 Å². The molecule has 1 fully saturated rings. The Morgan fingerprint density at radius 3 is 2.34 bits per heavy atom. The number of hydrogen-bond donors (Lipinski definition) is 4. The maximum absolute atomic E-state index is 15.0. The first-order valence-corrected chi connectivity index (χ1v) is 12.4. The molecule has 0 bridgehead atoms. The van der Waals surface area contributed by atoms with Crippen LogP contribution in [0.1, 0.15) is 44.7 Å². The predicted molar refractivity (Wildman–Crippen MR) is 146 cm³/mol. The van der Waals surface area contributed by atoms with Crippen molar-refractivity contribution in [3.8, 4) is 12.3 Å². The second-order valence-electron chi connectivity index (χ2n) is 8.98. The van der Waals surface area contributed by atoms with Crippen LogP contribution in [-0.4, -0.2) is 47.4 Å². The molecule has 7 nitrogen and oxygen atoms in total. The second-order valence-corrected chi connectivity index (χ2v) is 9.41. The molecular formula is C29H26ClFN4O3. The first kappa shape index (κ1) is 26.9. The number of terminal acetylenes is 1. The summed E-state index contributed by atoms with van der Waals surface area (Å²) in [7, 11) is 0. The zero-order valence-electron chi connectivity index (χ0n) is 20.4. The topological polar surface area (TPSA) is 106 Å². The minimum absolute atomic E-state index is 0.0944. The molecule has 38 heavy (non-hydrogen) atoms. The summed E-state index contributed by atoms with van der Waals surface area (Å²) in [5, 5.41) is 23.4. The van der Waals surface area contributed by atoms with Crippen molar-refractivity contribution in [2.75, 3.05) is 30.3 Å². The summed E-state index contributed by atoms with van der Waals surface area (Å²) in [4.78, 5) is 27.7. The van der Waals surface area contributed by atoms with Gasteiger partial charge in [-0.1, -0.05) is 23.6 Å². The van der Waals surface area contributed by atoms with Crippen molar-refractivity contribution in [3.63, 3.8) is 0 Å². The fourth-order valence-electron chi connectivity index (χ4n) is 4.22. The zero-order valence-corrected chi connectivity index (χ0v) is 21.2. The number of nitrogens with zero attached hydrogens (tertiary/aromatic N) is 1. The van der Waals surface area contributed by atoms with Gasteiger partial charge in [0, 0.05) is 41.5 Å². The average Bonchev–Trinajstić information content (AvgIpc) is 2.93. The van der Waals surface area contributed by atoms with Crippen molar-refractivity contribution in [1.29, 1.82) is 5.41 Å². The summed E-state index contributed by atoms with van der Waals surface area (Å²) in [6.07, 6.45) is 6.88. The van der Waals surface area contributed by atoms with Crippen LogP contribution in [0.25, 0.3) is 0 Å². The van der Waals surface area contributed by atoms with E-state index in [0.717, 1.165) is 18.9 Å². The Balaban J connectivity index is 1.48. The number of aliphatic hydroxyl groups excluding tert-OH is 1. The lowest BCUT2D eigenvalue weighted by Gasteiger charge is -2.33. The summed E-state index contributed by atoms with van der Waals surface area (Å²) in [6.45, 7) is 1.32. The van der Waals surface area contributed by atoms with Crippen LogP contribution in [0.2, 0.25) is 5.02 Å². The van der Waals surface area contributed by atoms with Crippen molar-refractivity contribution in [2.24, 2.45) is 5.92 Å². The van der Waals surface area contributed by atoms with Crippen molar-refractivity contribution >= 4 is 40.6 Å². The molecule has 0 aromatic heterocycles. The third-order valence-corrected chi connectivity index (χ3v) is 6.70. The number of hydrogen-bond acceptors (Lipinski definition) is 4. The van der Waals surface area contributed by atoms with Crippen LogP contribution in [-0.2, 0) is 0 Å². The SMILES string of the molecule is C#Cc1ccc(NC(=O)c2cc(Cl)ccc2NC(=O)c2ccc(C(=N)N3CCC(CO)CC3)cc2F)cc1. The Morgan fingerprint density at radius 1 is 1.03 bits per heavy atom. The number of amides is 2. The molecule has 4 rings (SSSR count). The van der Waals surface area contributed by atoms with E-state index in [2.05, 4.69) is 16.6 Å². The Morgan fingerprint density at radius 2 is 1.71 bits per heavy atom. The van der Waals surface area contributed by atoms with Gasteiger partial charge in [0.1, 0.15) is 11.7 Å². The highest BCUT2D eigenvalue weighted by Crippen LogP contribution is 2.24.